The SMILES string of the molecule is CCCCc1ccc2nc(NC(=O)Cn3cnc4sccc4c3=O)sc2c1. The third-order valence-electron chi connectivity index (χ3n) is 4.28. The number of rotatable bonds is 6. The summed E-state index contributed by atoms with van der Waals surface area (Å²) in [5, 5.41) is 5.69. The molecule has 4 rings (SSSR count). The zero-order chi connectivity index (χ0) is 18.8. The van der Waals surface area contributed by atoms with Crippen LogP contribution < -0.4 is 10.9 Å². The maximum atomic E-state index is 12.4. The van der Waals surface area contributed by atoms with Gasteiger partial charge in [0.05, 0.1) is 21.9 Å². The average molecular weight is 399 g/mol. The first kappa shape index (κ1) is 17.8. The van der Waals surface area contributed by atoms with Crippen molar-refractivity contribution in [3.05, 3.63) is 51.9 Å². The quantitative estimate of drug-likeness (QED) is 0.532. The highest BCUT2D eigenvalue weighted by molar-refractivity contribution is 7.22. The number of benzene rings is 1. The van der Waals surface area contributed by atoms with Crippen LogP contribution in [0, 0.1) is 0 Å². The fourth-order valence-corrected chi connectivity index (χ4v) is 4.55. The third kappa shape index (κ3) is 3.77. The van der Waals surface area contributed by atoms with Gasteiger partial charge in [-0.2, -0.15) is 0 Å². The molecule has 0 radical (unpaired) electrons. The van der Waals surface area contributed by atoms with Crippen LogP contribution in [0.15, 0.2) is 40.8 Å². The Balaban J connectivity index is 1.50. The first-order chi connectivity index (χ1) is 13.1. The average Bonchev–Trinajstić information content (AvgIpc) is 3.28. The number of aryl methyl sites for hydroxylation is 1. The molecule has 0 aliphatic carbocycles. The normalized spacial score (nSPS) is 11.3. The van der Waals surface area contributed by atoms with E-state index >= 15 is 0 Å². The van der Waals surface area contributed by atoms with Crippen molar-refractivity contribution in [1.82, 2.24) is 14.5 Å². The maximum absolute atomic E-state index is 12.4. The predicted octanol–water partition coefficient (Wildman–Crippen LogP) is 4.05. The van der Waals surface area contributed by atoms with E-state index in [1.807, 2.05) is 11.4 Å². The lowest BCUT2D eigenvalue weighted by Gasteiger charge is -2.04. The molecule has 0 spiro atoms. The Morgan fingerprint density at radius 1 is 1.30 bits per heavy atom. The summed E-state index contributed by atoms with van der Waals surface area (Å²) < 4.78 is 2.37. The highest BCUT2D eigenvalue weighted by Crippen LogP contribution is 2.27. The summed E-state index contributed by atoms with van der Waals surface area (Å²) in [6.07, 6.45) is 4.78. The minimum absolute atomic E-state index is 0.0880. The Morgan fingerprint density at radius 2 is 2.19 bits per heavy atom. The molecule has 0 unspecified atom stereocenters. The van der Waals surface area contributed by atoms with Gasteiger partial charge >= 0.3 is 0 Å². The third-order valence-corrected chi connectivity index (χ3v) is 6.04. The number of carbonyl (C=O) groups excluding carboxylic acids is 1. The lowest BCUT2D eigenvalue weighted by atomic mass is 10.1. The molecular formula is C19H18N4O2S2. The first-order valence-electron chi connectivity index (χ1n) is 8.76. The molecule has 0 saturated heterocycles. The summed E-state index contributed by atoms with van der Waals surface area (Å²) in [5.41, 5.74) is 1.95. The number of nitrogens with zero attached hydrogens (tertiary/aromatic N) is 3. The number of anilines is 1. The van der Waals surface area contributed by atoms with Crippen LogP contribution >= 0.6 is 22.7 Å². The van der Waals surface area contributed by atoms with Crippen molar-refractivity contribution in [2.75, 3.05) is 5.32 Å². The highest BCUT2D eigenvalue weighted by atomic mass is 32.1. The van der Waals surface area contributed by atoms with Crippen molar-refractivity contribution >= 4 is 54.1 Å². The van der Waals surface area contributed by atoms with Gasteiger partial charge in [-0.25, -0.2) is 9.97 Å². The number of amides is 1. The number of carbonyl (C=O) groups is 1. The molecule has 0 fully saturated rings. The summed E-state index contributed by atoms with van der Waals surface area (Å²) in [5.74, 6) is -0.293. The zero-order valence-electron chi connectivity index (χ0n) is 14.8. The van der Waals surface area contributed by atoms with Gasteiger partial charge in [0, 0.05) is 0 Å². The highest BCUT2D eigenvalue weighted by Gasteiger charge is 2.12. The summed E-state index contributed by atoms with van der Waals surface area (Å²) >= 11 is 2.85. The molecule has 138 valence electrons. The van der Waals surface area contributed by atoms with E-state index in [0.717, 1.165) is 29.5 Å². The maximum Gasteiger partial charge on any atom is 0.262 e. The van der Waals surface area contributed by atoms with Crippen LogP contribution in [0.25, 0.3) is 20.4 Å². The van der Waals surface area contributed by atoms with Gasteiger partial charge in [0.15, 0.2) is 5.13 Å². The van der Waals surface area contributed by atoms with Crippen LogP contribution in [0.3, 0.4) is 0 Å². The Morgan fingerprint density at radius 3 is 3.04 bits per heavy atom. The number of fused-ring (bicyclic) bond motifs is 2. The van der Waals surface area contributed by atoms with Crippen molar-refractivity contribution in [2.45, 2.75) is 32.7 Å². The minimum atomic E-state index is -0.293. The van der Waals surface area contributed by atoms with Crippen LogP contribution in [0.5, 0.6) is 0 Å². The van der Waals surface area contributed by atoms with Crippen LogP contribution in [-0.4, -0.2) is 20.4 Å². The van der Waals surface area contributed by atoms with Gasteiger partial charge in [-0.3, -0.25) is 14.2 Å². The number of unbranched alkanes of at least 4 members (excludes halogenated alkanes) is 1. The fourth-order valence-electron chi connectivity index (χ4n) is 2.88. The van der Waals surface area contributed by atoms with E-state index in [1.54, 1.807) is 6.07 Å². The molecule has 0 bridgehead atoms. The van der Waals surface area contributed by atoms with Crippen molar-refractivity contribution in [2.24, 2.45) is 0 Å². The number of aromatic nitrogens is 3. The van der Waals surface area contributed by atoms with Crippen LogP contribution in [0.4, 0.5) is 5.13 Å². The minimum Gasteiger partial charge on any atom is -0.300 e. The Kier molecular flexibility index (Phi) is 5.00. The van der Waals surface area contributed by atoms with Gasteiger partial charge in [0.2, 0.25) is 5.91 Å². The van der Waals surface area contributed by atoms with Crippen LogP contribution in [-0.2, 0) is 17.8 Å². The van der Waals surface area contributed by atoms with Crippen molar-refractivity contribution in [1.29, 1.82) is 0 Å². The molecule has 0 atom stereocenters. The lowest BCUT2D eigenvalue weighted by Crippen LogP contribution is -2.27. The second-order valence-corrected chi connectivity index (χ2v) is 8.22. The standard InChI is InChI=1S/C19H18N4O2S2/c1-2-3-4-12-5-6-14-15(9-12)27-19(21-14)22-16(24)10-23-11-20-17-13(18(23)25)7-8-26-17/h5-9,11H,2-4,10H2,1H3,(H,21,22,24). The number of thiophene rings is 1. The van der Waals surface area contributed by atoms with Gasteiger partial charge < -0.3 is 5.32 Å². The van der Waals surface area contributed by atoms with E-state index in [1.165, 1.54) is 39.1 Å². The molecule has 27 heavy (non-hydrogen) atoms. The van der Waals surface area contributed by atoms with Gasteiger partial charge in [0.25, 0.3) is 5.56 Å². The number of nitrogens with one attached hydrogen (secondary N) is 1. The summed E-state index contributed by atoms with van der Waals surface area (Å²) in [7, 11) is 0. The van der Waals surface area contributed by atoms with E-state index in [4.69, 9.17) is 0 Å². The van der Waals surface area contributed by atoms with E-state index in [0.29, 0.717) is 15.3 Å². The zero-order valence-corrected chi connectivity index (χ0v) is 16.4. The van der Waals surface area contributed by atoms with E-state index < -0.39 is 0 Å². The van der Waals surface area contributed by atoms with Crippen molar-refractivity contribution < 1.29 is 4.79 Å². The summed E-state index contributed by atoms with van der Waals surface area (Å²) in [4.78, 5) is 34.1. The lowest BCUT2D eigenvalue weighted by molar-refractivity contribution is -0.116. The van der Waals surface area contributed by atoms with Crippen molar-refractivity contribution in [3.63, 3.8) is 0 Å². The van der Waals surface area contributed by atoms with Crippen LogP contribution in [0.1, 0.15) is 25.3 Å². The smallest absolute Gasteiger partial charge is 0.262 e. The summed E-state index contributed by atoms with van der Waals surface area (Å²) in [6.45, 7) is 2.09. The van der Waals surface area contributed by atoms with Crippen molar-refractivity contribution in [3.8, 4) is 0 Å². The number of hydrogen-bond donors (Lipinski definition) is 1. The van der Waals surface area contributed by atoms with E-state index in [9.17, 15) is 9.59 Å². The van der Waals surface area contributed by atoms with Gasteiger partial charge in [0.1, 0.15) is 11.4 Å². The largest absolute Gasteiger partial charge is 0.300 e. The van der Waals surface area contributed by atoms with Gasteiger partial charge in [-0.15, -0.1) is 11.3 Å². The molecule has 0 aliphatic heterocycles. The number of hydrogen-bond acceptors (Lipinski definition) is 6. The predicted molar refractivity (Wildman–Crippen MR) is 111 cm³/mol. The summed E-state index contributed by atoms with van der Waals surface area (Å²) in [6, 6.07) is 7.95. The monoisotopic (exact) mass is 398 g/mol. The molecule has 0 saturated carbocycles. The topological polar surface area (TPSA) is 76.9 Å². The fraction of sp³-hybridized carbons (Fsp3) is 0.263. The number of thiazole rings is 1. The Labute approximate surface area is 163 Å². The Hall–Kier alpha value is -2.58. The molecular weight excluding hydrogens is 380 g/mol. The molecule has 8 heteroatoms. The van der Waals surface area contributed by atoms with Crippen LogP contribution in [0.2, 0.25) is 0 Å². The Bertz CT molecular complexity index is 1180. The van der Waals surface area contributed by atoms with Gasteiger partial charge in [-0.05, 0) is 42.0 Å². The molecule has 6 nitrogen and oxygen atoms in total. The first-order valence-corrected chi connectivity index (χ1v) is 10.5. The molecule has 4 aromatic rings. The second kappa shape index (κ2) is 7.58. The molecule has 3 aromatic heterocycles. The molecule has 1 amide bonds. The molecule has 1 aromatic carbocycles. The molecule has 1 N–H and O–H groups in total. The molecule has 3 heterocycles. The molecule has 0 aliphatic rings. The van der Waals surface area contributed by atoms with Gasteiger partial charge in [-0.1, -0.05) is 30.7 Å². The van der Waals surface area contributed by atoms with E-state index in [-0.39, 0.29) is 18.0 Å². The second-order valence-electron chi connectivity index (χ2n) is 6.29. The van der Waals surface area contributed by atoms with E-state index in [2.05, 4.69) is 34.3 Å².